The smallest absolute Gasteiger partial charge is 0.0716 e. The number of hydrogen-bond donors (Lipinski definition) is 3. The minimum Gasteiger partial charge on any atom is -0.391 e. The quantitative estimate of drug-likeness (QED) is 0.755. The molecule has 1 aromatic rings. The van der Waals surface area contributed by atoms with E-state index in [1.54, 1.807) is 6.20 Å². The van der Waals surface area contributed by atoms with E-state index in [-0.39, 0.29) is 6.10 Å². The molecule has 0 radical (unpaired) electrons. The molecule has 3 N–H and O–H groups in total. The number of rotatable bonds is 4. The van der Waals surface area contributed by atoms with Crippen LogP contribution in [0, 0.1) is 5.92 Å². The van der Waals surface area contributed by atoms with Gasteiger partial charge in [-0.15, -0.1) is 0 Å². The summed E-state index contributed by atoms with van der Waals surface area (Å²) in [7, 11) is 0. The Morgan fingerprint density at radius 3 is 3.00 bits per heavy atom. The molecule has 1 saturated heterocycles. The summed E-state index contributed by atoms with van der Waals surface area (Å²) in [5.41, 5.74) is 1.02. The van der Waals surface area contributed by atoms with E-state index < -0.39 is 0 Å². The summed E-state index contributed by atoms with van der Waals surface area (Å²) in [5, 5.41) is 16.1. The van der Waals surface area contributed by atoms with E-state index in [9.17, 15) is 5.11 Å². The molecule has 0 saturated carbocycles. The summed E-state index contributed by atoms with van der Waals surface area (Å²) >= 11 is 3.35. The Balaban J connectivity index is 1.73. The lowest BCUT2D eigenvalue weighted by molar-refractivity contribution is 0.146. The second-order valence-electron chi connectivity index (χ2n) is 4.08. The number of nitrogens with one attached hydrogen (secondary N) is 2. The second-order valence-corrected chi connectivity index (χ2v) is 5.00. The molecule has 1 aromatic heterocycles. The van der Waals surface area contributed by atoms with E-state index >= 15 is 0 Å². The van der Waals surface area contributed by atoms with Crippen molar-refractivity contribution in [2.45, 2.75) is 12.6 Å². The molecule has 2 atom stereocenters. The van der Waals surface area contributed by atoms with Crippen molar-refractivity contribution in [1.29, 1.82) is 0 Å². The monoisotopic (exact) mass is 285 g/mol. The van der Waals surface area contributed by atoms with E-state index in [0.29, 0.717) is 12.5 Å². The Morgan fingerprint density at radius 2 is 2.38 bits per heavy atom. The molecule has 2 rings (SSSR count). The molecule has 2 heterocycles. The highest BCUT2D eigenvalue weighted by Crippen LogP contribution is 2.09. The van der Waals surface area contributed by atoms with Crippen molar-refractivity contribution in [3.63, 3.8) is 0 Å². The Hall–Kier alpha value is -0.490. The Labute approximate surface area is 104 Å². The molecule has 1 aliphatic rings. The average Bonchev–Trinajstić information content (AvgIpc) is 2.68. The van der Waals surface area contributed by atoms with Gasteiger partial charge in [0.2, 0.25) is 0 Å². The van der Waals surface area contributed by atoms with E-state index in [2.05, 4.69) is 31.5 Å². The number of aliphatic hydroxyl groups is 1. The molecule has 0 aliphatic carbocycles. The Morgan fingerprint density at radius 1 is 1.50 bits per heavy atom. The highest BCUT2D eigenvalue weighted by Gasteiger charge is 2.23. The number of β-amino-alcohol motifs (C(OH)–C–C–N with tert-alkyl or cyclic N) is 1. The molecule has 0 aromatic carbocycles. The first-order valence-corrected chi connectivity index (χ1v) is 6.25. The van der Waals surface area contributed by atoms with Gasteiger partial charge in [0, 0.05) is 42.8 Å². The van der Waals surface area contributed by atoms with Crippen molar-refractivity contribution < 1.29 is 5.11 Å². The van der Waals surface area contributed by atoms with E-state index in [0.717, 1.165) is 29.8 Å². The Bertz CT molecular complexity index is 331. The van der Waals surface area contributed by atoms with Crippen LogP contribution in [0.5, 0.6) is 0 Å². The van der Waals surface area contributed by atoms with E-state index in [4.69, 9.17) is 0 Å². The van der Waals surface area contributed by atoms with Crippen LogP contribution in [0.15, 0.2) is 22.8 Å². The third kappa shape index (κ3) is 3.25. The van der Waals surface area contributed by atoms with Crippen LogP contribution in [-0.4, -0.2) is 35.8 Å². The van der Waals surface area contributed by atoms with Gasteiger partial charge in [-0.05, 0) is 28.1 Å². The van der Waals surface area contributed by atoms with Crippen molar-refractivity contribution in [3.05, 3.63) is 28.5 Å². The number of hydrogen-bond acceptors (Lipinski definition) is 4. The predicted octanol–water partition coefficient (Wildman–Crippen LogP) is 0.514. The van der Waals surface area contributed by atoms with Gasteiger partial charge in [-0.25, -0.2) is 0 Å². The maximum absolute atomic E-state index is 9.60. The normalized spacial score (nSPS) is 24.9. The zero-order valence-corrected chi connectivity index (χ0v) is 10.6. The molecular formula is C11H16BrN3O. The molecule has 0 bridgehead atoms. The summed E-state index contributed by atoms with van der Waals surface area (Å²) in [6.07, 6.45) is 1.58. The molecule has 16 heavy (non-hydrogen) atoms. The molecular weight excluding hydrogens is 270 g/mol. The third-order valence-corrected chi connectivity index (χ3v) is 3.27. The van der Waals surface area contributed by atoms with Crippen molar-refractivity contribution in [3.8, 4) is 0 Å². The first-order valence-electron chi connectivity index (χ1n) is 5.45. The maximum atomic E-state index is 9.60. The van der Waals surface area contributed by atoms with Gasteiger partial charge >= 0.3 is 0 Å². The average molecular weight is 286 g/mol. The molecule has 2 unspecified atom stereocenters. The van der Waals surface area contributed by atoms with Crippen LogP contribution in [0.1, 0.15) is 5.69 Å². The first kappa shape index (κ1) is 12.0. The van der Waals surface area contributed by atoms with Crippen LogP contribution in [-0.2, 0) is 6.54 Å². The fraction of sp³-hybridized carbons (Fsp3) is 0.545. The standard InChI is InChI=1S/C11H16BrN3O/c12-9-1-2-10(15-5-9)6-13-3-8-4-14-7-11(8)16/h1-2,5,8,11,13-14,16H,3-4,6-7H2. The summed E-state index contributed by atoms with van der Waals surface area (Å²) in [4.78, 5) is 4.27. The highest BCUT2D eigenvalue weighted by atomic mass is 79.9. The minimum absolute atomic E-state index is 0.217. The van der Waals surface area contributed by atoms with Crippen LogP contribution < -0.4 is 10.6 Å². The first-order chi connectivity index (χ1) is 7.75. The second kappa shape index (κ2) is 5.72. The van der Waals surface area contributed by atoms with Gasteiger partial charge in [-0.2, -0.15) is 0 Å². The predicted molar refractivity (Wildman–Crippen MR) is 66.0 cm³/mol. The fourth-order valence-electron chi connectivity index (χ4n) is 1.82. The lowest BCUT2D eigenvalue weighted by Gasteiger charge is -2.13. The van der Waals surface area contributed by atoms with E-state index in [1.165, 1.54) is 0 Å². The molecule has 0 spiro atoms. The van der Waals surface area contributed by atoms with Gasteiger partial charge in [-0.1, -0.05) is 0 Å². The summed E-state index contributed by atoms with van der Waals surface area (Å²) in [5.74, 6) is 0.315. The lowest BCUT2D eigenvalue weighted by atomic mass is 10.1. The van der Waals surface area contributed by atoms with Crippen molar-refractivity contribution in [2.75, 3.05) is 19.6 Å². The number of pyridine rings is 1. The lowest BCUT2D eigenvalue weighted by Crippen LogP contribution is -2.30. The number of nitrogens with zero attached hydrogens (tertiary/aromatic N) is 1. The van der Waals surface area contributed by atoms with Gasteiger partial charge < -0.3 is 15.7 Å². The molecule has 88 valence electrons. The van der Waals surface area contributed by atoms with Crippen LogP contribution in [0.4, 0.5) is 0 Å². The molecule has 4 nitrogen and oxygen atoms in total. The van der Waals surface area contributed by atoms with E-state index in [1.807, 2.05) is 12.1 Å². The number of halogens is 1. The van der Waals surface area contributed by atoms with Gasteiger partial charge in [0.25, 0.3) is 0 Å². The van der Waals surface area contributed by atoms with Crippen LogP contribution in [0.2, 0.25) is 0 Å². The number of aliphatic hydroxyl groups excluding tert-OH is 1. The van der Waals surface area contributed by atoms with Crippen molar-refractivity contribution in [1.82, 2.24) is 15.6 Å². The van der Waals surface area contributed by atoms with Gasteiger partial charge in [0.15, 0.2) is 0 Å². The highest BCUT2D eigenvalue weighted by molar-refractivity contribution is 9.10. The fourth-order valence-corrected chi connectivity index (χ4v) is 2.06. The Kier molecular flexibility index (Phi) is 4.29. The summed E-state index contributed by atoms with van der Waals surface area (Å²) in [6.45, 7) is 3.17. The minimum atomic E-state index is -0.217. The zero-order chi connectivity index (χ0) is 11.4. The summed E-state index contributed by atoms with van der Waals surface area (Å²) in [6, 6.07) is 3.97. The molecule has 5 heteroatoms. The van der Waals surface area contributed by atoms with Gasteiger partial charge in [-0.3, -0.25) is 4.98 Å². The molecule has 1 fully saturated rings. The van der Waals surface area contributed by atoms with Gasteiger partial charge in [0.05, 0.1) is 11.8 Å². The zero-order valence-electron chi connectivity index (χ0n) is 8.99. The SMILES string of the molecule is OC1CNCC1CNCc1ccc(Br)cn1. The van der Waals surface area contributed by atoms with Crippen molar-refractivity contribution in [2.24, 2.45) is 5.92 Å². The largest absolute Gasteiger partial charge is 0.391 e. The third-order valence-electron chi connectivity index (χ3n) is 2.81. The van der Waals surface area contributed by atoms with Crippen LogP contribution >= 0.6 is 15.9 Å². The number of aromatic nitrogens is 1. The van der Waals surface area contributed by atoms with Crippen LogP contribution in [0.25, 0.3) is 0 Å². The molecule has 1 aliphatic heterocycles. The summed E-state index contributed by atoms with van der Waals surface area (Å²) < 4.78 is 0.992. The molecule has 0 amide bonds. The topological polar surface area (TPSA) is 57.2 Å². The van der Waals surface area contributed by atoms with Crippen LogP contribution in [0.3, 0.4) is 0 Å². The van der Waals surface area contributed by atoms with Crippen molar-refractivity contribution >= 4 is 15.9 Å². The maximum Gasteiger partial charge on any atom is 0.0716 e. The van der Waals surface area contributed by atoms with Gasteiger partial charge in [0.1, 0.15) is 0 Å².